The molecule has 0 N–H and O–H groups in total. The molecule has 0 bridgehead atoms. The van der Waals surface area contributed by atoms with E-state index >= 15 is 0 Å². The predicted octanol–water partition coefficient (Wildman–Crippen LogP) is 7.07. The van der Waals surface area contributed by atoms with Crippen molar-refractivity contribution in [3.05, 3.63) is 94.1 Å². The predicted molar refractivity (Wildman–Crippen MR) is 165 cm³/mol. The number of hydrogen-bond acceptors (Lipinski definition) is 8. The first kappa shape index (κ1) is 33.0. The molecule has 0 saturated heterocycles. The van der Waals surface area contributed by atoms with Crippen LogP contribution in [0.15, 0.2) is 81.6 Å². The lowest BCUT2D eigenvalue weighted by Crippen LogP contribution is -2.13. The summed E-state index contributed by atoms with van der Waals surface area (Å²) in [6.45, 7) is 16.2. The normalized spacial score (nSPS) is 12.3. The van der Waals surface area contributed by atoms with Gasteiger partial charge in [0.05, 0.1) is 18.8 Å². The van der Waals surface area contributed by atoms with Crippen LogP contribution in [0.4, 0.5) is 0 Å². The maximum Gasteiger partial charge on any atom is 0.344 e. The van der Waals surface area contributed by atoms with E-state index in [1.807, 2.05) is 6.07 Å². The lowest BCUT2D eigenvalue weighted by atomic mass is 9.84. The van der Waals surface area contributed by atoms with Crippen molar-refractivity contribution in [2.24, 2.45) is 0 Å². The maximum atomic E-state index is 13.2. The summed E-state index contributed by atoms with van der Waals surface area (Å²) < 4.78 is 21.7. The number of rotatable bonds is 15. The fourth-order valence-corrected chi connectivity index (χ4v) is 4.63. The third kappa shape index (κ3) is 9.53. The highest BCUT2D eigenvalue weighted by molar-refractivity contribution is 5.89. The number of aryl methyl sites for hydroxylation is 1. The van der Waals surface area contributed by atoms with E-state index in [4.69, 9.17) is 18.6 Å². The van der Waals surface area contributed by atoms with E-state index in [-0.39, 0.29) is 12.6 Å². The van der Waals surface area contributed by atoms with Gasteiger partial charge in [0.25, 0.3) is 0 Å². The fourth-order valence-electron chi connectivity index (χ4n) is 4.63. The van der Waals surface area contributed by atoms with Gasteiger partial charge in [-0.2, -0.15) is 0 Å². The smallest absolute Gasteiger partial charge is 0.344 e. The second-order valence-electron chi connectivity index (χ2n) is 10.8. The van der Waals surface area contributed by atoms with Gasteiger partial charge < -0.3 is 18.6 Å². The molecule has 1 aromatic carbocycles. The largest absolute Gasteiger partial charge is 0.462 e. The molecular formula is C35H40O8. The molecule has 8 heteroatoms. The Balaban J connectivity index is 1.79. The first-order valence-corrected chi connectivity index (χ1v) is 14.5. The van der Waals surface area contributed by atoms with E-state index in [0.29, 0.717) is 65.2 Å². The highest BCUT2D eigenvalue weighted by Gasteiger charge is 2.23. The van der Waals surface area contributed by atoms with Gasteiger partial charge in [-0.3, -0.25) is 0 Å². The van der Waals surface area contributed by atoms with Crippen LogP contribution in [-0.2, 0) is 30.3 Å². The SMILES string of the molecule is C=C(C)C(=O)OCCCCC1=C(CCCCOC(=O)C(=C)C)c2oc(=O)c(-c3ccc(OC(=O)C(=C)C)cc3)cc2CC1. The van der Waals surface area contributed by atoms with E-state index in [9.17, 15) is 19.2 Å². The molecule has 0 atom stereocenters. The zero-order chi connectivity index (χ0) is 31.5. The molecule has 0 spiro atoms. The molecule has 0 saturated carbocycles. The van der Waals surface area contributed by atoms with E-state index in [1.54, 1.807) is 45.0 Å². The number of unbranched alkanes of at least 4 members (excludes halogenated alkanes) is 2. The summed E-state index contributed by atoms with van der Waals surface area (Å²) in [4.78, 5) is 48.4. The first-order valence-electron chi connectivity index (χ1n) is 14.5. The standard InChI is InChI=1S/C35H40O8/c1-22(2)32(36)40-19-9-7-11-25-13-14-27-21-30(26-15-17-28(18-16-26)42-34(38)24(5)6)35(39)43-31(27)29(25)12-8-10-20-41-33(37)23(3)4/h15-18,21H,1,3,5,7-14,19-20H2,2,4,6H3. The minimum atomic E-state index is -0.516. The lowest BCUT2D eigenvalue weighted by Gasteiger charge is -2.23. The Labute approximate surface area is 252 Å². The van der Waals surface area contributed by atoms with Crippen LogP contribution in [0, 0.1) is 0 Å². The molecule has 1 aromatic heterocycles. The summed E-state index contributed by atoms with van der Waals surface area (Å²) in [5.74, 6) is -0.347. The topological polar surface area (TPSA) is 109 Å². The second-order valence-corrected chi connectivity index (χ2v) is 10.8. The molecule has 0 aliphatic heterocycles. The average molecular weight is 589 g/mol. The third-order valence-electron chi connectivity index (χ3n) is 7.00. The molecule has 8 nitrogen and oxygen atoms in total. The summed E-state index contributed by atoms with van der Waals surface area (Å²) in [6.07, 6.45) is 5.93. The van der Waals surface area contributed by atoms with Gasteiger partial charge in [0.2, 0.25) is 0 Å². The molecule has 1 aliphatic rings. The van der Waals surface area contributed by atoms with Gasteiger partial charge in [0, 0.05) is 16.7 Å². The van der Waals surface area contributed by atoms with Gasteiger partial charge in [-0.05, 0) is 107 Å². The van der Waals surface area contributed by atoms with Gasteiger partial charge in [-0.15, -0.1) is 0 Å². The molecule has 43 heavy (non-hydrogen) atoms. The monoisotopic (exact) mass is 588 g/mol. The Morgan fingerprint density at radius 3 is 1.88 bits per heavy atom. The molecular weight excluding hydrogens is 548 g/mol. The van der Waals surface area contributed by atoms with Crippen molar-refractivity contribution < 1.29 is 33.0 Å². The van der Waals surface area contributed by atoms with E-state index in [2.05, 4.69) is 19.7 Å². The van der Waals surface area contributed by atoms with Crippen LogP contribution in [0.25, 0.3) is 16.7 Å². The Bertz CT molecular complexity index is 1490. The van der Waals surface area contributed by atoms with Crippen molar-refractivity contribution in [2.75, 3.05) is 13.2 Å². The number of benzene rings is 1. The summed E-state index contributed by atoms with van der Waals surface area (Å²) in [6, 6.07) is 8.59. The van der Waals surface area contributed by atoms with Gasteiger partial charge in [-0.1, -0.05) is 37.4 Å². The van der Waals surface area contributed by atoms with Crippen molar-refractivity contribution in [1.82, 2.24) is 0 Å². The molecule has 2 aromatic rings. The quantitative estimate of drug-likeness (QED) is 0.0941. The molecule has 0 fully saturated rings. The van der Waals surface area contributed by atoms with Gasteiger partial charge in [0.1, 0.15) is 11.5 Å². The summed E-state index contributed by atoms with van der Waals surface area (Å²) >= 11 is 0. The lowest BCUT2D eigenvalue weighted by molar-refractivity contribution is -0.139. The van der Waals surface area contributed by atoms with E-state index in [0.717, 1.165) is 43.2 Å². The minimum Gasteiger partial charge on any atom is -0.462 e. The first-order chi connectivity index (χ1) is 20.5. The highest BCUT2D eigenvalue weighted by Crippen LogP contribution is 2.37. The summed E-state index contributed by atoms with van der Waals surface area (Å²) in [5, 5.41) is 0. The second kappa shape index (κ2) is 15.7. The number of carbonyl (C=O) groups is 3. The van der Waals surface area contributed by atoms with Crippen LogP contribution < -0.4 is 10.4 Å². The average Bonchev–Trinajstić information content (AvgIpc) is 2.97. The molecule has 0 unspecified atom stereocenters. The van der Waals surface area contributed by atoms with Crippen molar-refractivity contribution >= 4 is 23.5 Å². The van der Waals surface area contributed by atoms with Gasteiger partial charge in [-0.25, -0.2) is 19.2 Å². The third-order valence-corrected chi connectivity index (χ3v) is 7.00. The minimum absolute atomic E-state index is 0.288. The number of carbonyl (C=O) groups excluding carboxylic acids is 3. The van der Waals surface area contributed by atoms with Crippen molar-refractivity contribution in [2.45, 2.75) is 72.1 Å². The Hall–Kier alpha value is -4.46. The van der Waals surface area contributed by atoms with Crippen LogP contribution in [-0.4, -0.2) is 31.1 Å². The molecule has 228 valence electrons. The Morgan fingerprint density at radius 1 is 0.767 bits per heavy atom. The molecule has 0 amide bonds. The fraction of sp³-hybridized carbons (Fsp3) is 0.371. The van der Waals surface area contributed by atoms with Crippen molar-refractivity contribution in [3.8, 4) is 16.9 Å². The number of ether oxygens (including phenoxy) is 3. The van der Waals surface area contributed by atoms with E-state index in [1.165, 1.54) is 5.57 Å². The molecule has 1 heterocycles. The number of hydrogen-bond donors (Lipinski definition) is 0. The van der Waals surface area contributed by atoms with Crippen LogP contribution in [0.3, 0.4) is 0 Å². The van der Waals surface area contributed by atoms with Crippen LogP contribution in [0.2, 0.25) is 0 Å². The van der Waals surface area contributed by atoms with Crippen LogP contribution in [0.1, 0.15) is 77.0 Å². The zero-order valence-electron chi connectivity index (χ0n) is 25.3. The molecule has 3 rings (SSSR count). The van der Waals surface area contributed by atoms with Gasteiger partial charge >= 0.3 is 23.5 Å². The molecule has 0 radical (unpaired) electrons. The van der Waals surface area contributed by atoms with Crippen molar-refractivity contribution in [3.63, 3.8) is 0 Å². The summed E-state index contributed by atoms with van der Waals surface area (Å²) in [5.41, 5.74) is 4.86. The van der Waals surface area contributed by atoms with Crippen LogP contribution >= 0.6 is 0 Å². The number of allylic oxidation sites excluding steroid dienone is 2. The van der Waals surface area contributed by atoms with Crippen LogP contribution in [0.5, 0.6) is 5.75 Å². The highest BCUT2D eigenvalue weighted by atomic mass is 16.5. The Kier molecular flexibility index (Phi) is 12.0. The van der Waals surface area contributed by atoms with E-state index < -0.39 is 17.6 Å². The van der Waals surface area contributed by atoms with Gasteiger partial charge in [0.15, 0.2) is 0 Å². The Morgan fingerprint density at radius 2 is 1.33 bits per heavy atom. The maximum absolute atomic E-state index is 13.2. The van der Waals surface area contributed by atoms with Crippen molar-refractivity contribution in [1.29, 1.82) is 0 Å². The number of esters is 3. The number of fused-ring (bicyclic) bond motifs is 1. The zero-order valence-corrected chi connectivity index (χ0v) is 25.3. The molecule has 1 aliphatic carbocycles. The summed E-state index contributed by atoms with van der Waals surface area (Å²) in [7, 11) is 0.